The van der Waals surface area contributed by atoms with Crippen LogP contribution in [0, 0.1) is 17.3 Å². The normalized spacial score (nSPS) is 10.4. The maximum Gasteiger partial charge on any atom is 0.214 e. The Morgan fingerprint density at radius 1 is 1.16 bits per heavy atom. The molecule has 3 rings (SSSR count). The van der Waals surface area contributed by atoms with Crippen molar-refractivity contribution in [2.24, 2.45) is 0 Å². The van der Waals surface area contributed by atoms with Crippen LogP contribution in [0.5, 0.6) is 0 Å². The van der Waals surface area contributed by atoms with Crippen molar-refractivity contribution in [2.45, 2.75) is 12.8 Å². The van der Waals surface area contributed by atoms with E-state index in [0.717, 1.165) is 5.69 Å². The molecule has 0 spiro atoms. The molecule has 0 saturated carbocycles. The maximum absolute atomic E-state index is 13.0. The summed E-state index contributed by atoms with van der Waals surface area (Å²) in [4.78, 5) is 3.74. The number of nitrogen functional groups attached to an aromatic ring is 1. The number of hydrogen-bond donors (Lipinski definition) is 2. The Morgan fingerprint density at radius 2 is 1.96 bits per heavy atom. The smallest absolute Gasteiger partial charge is 0.214 e. The number of hydrogen-bond acceptors (Lipinski definition) is 5. The molecule has 0 aliphatic rings. The van der Waals surface area contributed by atoms with E-state index in [2.05, 4.69) is 21.5 Å². The molecule has 126 valence electrons. The Labute approximate surface area is 144 Å². The molecule has 25 heavy (non-hydrogen) atoms. The highest BCUT2D eigenvalue weighted by atomic mass is 19.1. The molecule has 0 radical (unpaired) electrons. The molecule has 0 unspecified atom stereocenters. The van der Waals surface area contributed by atoms with Gasteiger partial charge in [0, 0.05) is 6.54 Å². The first-order chi connectivity index (χ1) is 12.2. The summed E-state index contributed by atoms with van der Waals surface area (Å²) in [5, 5.41) is 16.9. The first-order valence-electron chi connectivity index (χ1n) is 7.88. The van der Waals surface area contributed by atoms with E-state index in [1.165, 1.54) is 6.07 Å². The van der Waals surface area contributed by atoms with Crippen LogP contribution in [0.25, 0.3) is 5.69 Å². The van der Waals surface area contributed by atoms with E-state index >= 15 is 0 Å². The van der Waals surface area contributed by atoms with Crippen LogP contribution < -0.4 is 11.1 Å². The van der Waals surface area contributed by atoms with Crippen LogP contribution in [0.4, 0.5) is 16.0 Å². The van der Waals surface area contributed by atoms with Crippen molar-refractivity contribution in [2.75, 3.05) is 17.6 Å². The van der Waals surface area contributed by atoms with Gasteiger partial charge in [0.25, 0.3) is 0 Å². The van der Waals surface area contributed by atoms with Gasteiger partial charge in [-0.25, -0.2) is 9.67 Å². The van der Waals surface area contributed by atoms with E-state index in [4.69, 9.17) is 5.73 Å². The monoisotopic (exact) mass is 336 g/mol. The number of pyridine rings is 1. The van der Waals surface area contributed by atoms with E-state index in [1.807, 2.05) is 30.3 Å². The highest BCUT2D eigenvalue weighted by Gasteiger charge is 2.16. The summed E-state index contributed by atoms with van der Waals surface area (Å²) >= 11 is 0. The second kappa shape index (κ2) is 7.45. The number of anilines is 2. The molecule has 0 fully saturated rings. The van der Waals surface area contributed by atoms with Crippen LogP contribution in [0.3, 0.4) is 0 Å². The molecule has 6 nitrogen and oxygen atoms in total. The average Bonchev–Trinajstić information content (AvgIpc) is 2.95. The zero-order chi connectivity index (χ0) is 17.6. The molecule has 7 heteroatoms. The summed E-state index contributed by atoms with van der Waals surface area (Å²) in [6.07, 6.45) is 1.29. The maximum atomic E-state index is 13.0. The van der Waals surface area contributed by atoms with Crippen LogP contribution in [0.15, 0.2) is 48.5 Å². The van der Waals surface area contributed by atoms with Crippen LogP contribution in [0.2, 0.25) is 0 Å². The second-order valence-electron chi connectivity index (χ2n) is 5.44. The zero-order valence-electron chi connectivity index (χ0n) is 13.5. The van der Waals surface area contributed by atoms with Gasteiger partial charge in [-0.2, -0.15) is 14.8 Å². The Balaban J connectivity index is 1.67. The average molecular weight is 336 g/mol. The van der Waals surface area contributed by atoms with E-state index in [-0.39, 0.29) is 0 Å². The molecule has 2 heterocycles. The van der Waals surface area contributed by atoms with Crippen LogP contribution >= 0.6 is 0 Å². The molecule has 2 aromatic heterocycles. The van der Waals surface area contributed by atoms with Crippen molar-refractivity contribution in [3.63, 3.8) is 0 Å². The fourth-order valence-corrected chi connectivity index (χ4v) is 2.52. The molecule has 3 N–H and O–H groups in total. The molecule has 0 aliphatic carbocycles. The fourth-order valence-electron chi connectivity index (χ4n) is 2.52. The van der Waals surface area contributed by atoms with E-state index in [1.54, 1.807) is 16.8 Å². The molecule has 1 aromatic carbocycles. The van der Waals surface area contributed by atoms with E-state index in [9.17, 15) is 9.65 Å². The topological polar surface area (TPSA) is 92.5 Å². The molecular weight excluding hydrogens is 319 g/mol. The number of nitrogens with two attached hydrogens (primary N) is 1. The molecule has 0 saturated heterocycles. The fraction of sp³-hybridized carbons (Fsp3) is 0.167. The van der Waals surface area contributed by atoms with E-state index in [0.29, 0.717) is 42.3 Å². The third-order valence-corrected chi connectivity index (χ3v) is 3.72. The van der Waals surface area contributed by atoms with Crippen molar-refractivity contribution < 1.29 is 4.39 Å². The van der Waals surface area contributed by atoms with Crippen molar-refractivity contribution >= 4 is 11.6 Å². The Bertz CT molecular complexity index is 898. The van der Waals surface area contributed by atoms with Crippen LogP contribution in [-0.2, 0) is 6.42 Å². The number of para-hydroxylation sites is 1. The minimum atomic E-state index is -0.522. The summed E-state index contributed by atoms with van der Waals surface area (Å²) in [6.45, 7) is 0.583. The summed E-state index contributed by atoms with van der Waals surface area (Å²) in [7, 11) is 0. The lowest BCUT2D eigenvalue weighted by molar-refractivity contribution is 0.585. The quantitative estimate of drug-likeness (QED) is 0.533. The Hall–Kier alpha value is -3.40. The number of rotatable bonds is 6. The number of nitrogens with zero attached hydrogens (tertiary/aromatic N) is 4. The first-order valence-corrected chi connectivity index (χ1v) is 7.88. The third-order valence-electron chi connectivity index (χ3n) is 3.72. The first kappa shape index (κ1) is 16.5. The standard InChI is InChI=1S/C18H17FN6/c19-16-9-4-10-17(23-16)22-11-5-8-15-14(12-20)18(21)25(24-15)13-6-2-1-3-7-13/h1-4,6-7,9-10H,5,8,11,21H2,(H,22,23). The number of halogens is 1. The van der Waals surface area contributed by atoms with Gasteiger partial charge in [-0.3, -0.25) is 0 Å². The number of nitrogens with one attached hydrogen (secondary N) is 1. The summed E-state index contributed by atoms with van der Waals surface area (Å²) < 4.78 is 14.6. The Kier molecular flexibility index (Phi) is 4.90. The third kappa shape index (κ3) is 3.75. The van der Waals surface area contributed by atoms with Crippen molar-refractivity contribution in [1.29, 1.82) is 5.26 Å². The van der Waals surface area contributed by atoms with Crippen molar-refractivity contribution in [3.8, 4) is 11.8 Å². The highest BCUT2D eigenvalue weighted by molar-refractivity contribution is 5.56. The zero-order valence-corrected chi connectivity index (χ0v) is 13.5. The Morgan fingerprint density at radius 3 is 2.68 bits per heavy atom. The number of benzene rings is 1. The lowest BCUT2D eigenvalue weighted by atomic mass is 10.1. The summed E-state index contributed by atoms with van der Waals surface area (Å²) in [5.74, 6) is 0.296. The van der Waals surface area contributed by atoms with Crippen molar-refractivity contribution in [1.82, 2.24) is 14.8 Å². The SMILES string of the molecule is N#Cc1c(CCCNc2cccc(F)n2)nn(-c2ccccc2)c1N. The number of nitriles is 1. The van der Waals surface area contributed by atoms with E-state index < -0.39 is 5.95 Å². The van der Waals surface area contributed by atoms with Gasteiger partial charge in [0.1, 0.15) is 23.3 Å². The summed E-state index contributed by atoms with van der Waals surface area (Å²) in [6, 6.07) is 16.2. The minimum absolute atomic E-state index is 0.337. The molecule has 0 aliphatic heterocycles. The van der Waals surface area contributed by atoms with Crippen molar-refractivity contribution in [3.05, 3.63) is 65.7 Å². The molecule has 0 bridgehead atoms. The van der Waals surface area contributed by atoms with Gasteiger partial charge >= 0.3 is 0 Å². The van der Waals surface area contributed by atoms with Gasteiger partial charge < -0.3 is 11.1 Å². The van der Waals surface area contributed by atoms with Gasteiger partial charge in [-0.15, -0.1) is 0 Å². The minimum Gasteiger partial charge on any atom is -0.382 e. The van der Waals surface area contributed by atoms with Gasteiger partial charge in [-0.1, -0.05) is 24.3 Å². The molecule has 3 aromatic rings. The second-order valence-corrected chi connectivity index (χ2v) is 5.44. The predicted octanol–water partition coefficient (Wildman–Crippen LogP) is 2.90. The van der Waals surface area contributed by atoms with Gasteiger partial charge in [0.15, 0.2) is 0 Å². The summed E-state index contributed by atoms with van der Waals surface area (Å²) in [5.41, 5.74) is 7.93. The molecule has 0 amide bonds. The van der Waals surface area contributed by atoms with Crippen LogP contribution in [-0.4, -0.2) is 21.3 Å². The number of aryl methyl sites for hydroxylation is 1. The van der Waals surface area contributed by atoms with Gasteiger partial charge in [-0.05, 0) is 37.1 Å². The van der Waals surface area contributed by atoms with Crippen LogP contribution in [0.1, 0.15) is 17.7 Å². The van der Waals surface area contributed by atoms with Gasteiger partial charge in [0.05, 0.1) is 11.4 Å². The lowest BCUT2D eigenvalue weighted by Gasteiger charge is -2.04. The predicted molar refractivity (Wildman–Crippen MR) is 93.7 cm³/mol. The molecular formula is C18H17FN6. The largest absolute Gasteiger partial charge is 0.382 e. The molecule has 0 atom stereocenters. The lowest BCUT2D eigenvalue weighted by Crippen LogP contribution is -2.06. The number of aromatic nitrogens is 3. The highest BCUT2D eigenvalue weighted by Crippen LogP contribution is 2.21. The van der Waals surface area contributed by atoms with Gasteiger partial charge in [0.2, 0.25) is 5.95 Å².